The maximum atomic E-state index is 12.8. The third kappa shape index (κ3) is 4.27. The Morgan fingerprint density at radius 3 is 2.30 bits per heavy atom. The number of carbonyl (C=O) groups excluding carboxylic acids is 2. The first-order valence-electron chi connectivity index (χ1n) is 10.4. The van der Waals surface area contributed by atoms with Crippen LogP contribution in [0.15, 0.2) is 42.5 Å². The molecule has 1 saturated heterocycles. The van der Waals surface area contributed by atoms with Gasteiger partial charge >= 0.3 is 0 Å². The topological polar surface area (TPSA) is 67.9 Å². The van der Waals surface area contributed by atoms with E-state index in [9.17, 15) is 9.59 Å². The first-order chi connectivity index (χ1) is 14.3. The molecule has 2 amide bonds. The summed E-state index contributed by atoms with van der Waals surface area (Å²) in [6, 6.07) is 13.2. The predicted octanol–water partition coefficient (Wildman–Crippen LogP) is 4.20. The summed E-state index contributed by atoms with van der Waals surface area (Å²) in [5.41, 5.74) is 2.66. The van der Waals surface area contributed by atoms with Gasteiger partial charge in [-0.15, -0.1) is 0 Å². The average Bonchev–Trinajstić information content (AvgIpc) is 3.21. The van der Waals surface area contributed by atoms with Gasteiger partial charge in [-0.1, -0.05) is 32.9 Å². The Kier molecular flexibility index (Phi) is 5.41. The smallest absolute Gasteiger partial charge is 0.253 e. The normalized spacial score (nSPS) is 16.4. The predicted molar refractivity (Wildman–Crippen MR) is 115 cm³/mol. The van der Waals surface area contributed by atoms with Crippen LogP contribution in [-0.2, 0) is 10.2 Å². The molecule has 0 spiro atoms. The number of likely N-dealkylation sites (tertiary alicyclic amines) is 1. The lowest BCUT2D eigenvalue weighted by Gasteiger charge is -2.31. The van der Waals surface area contributed by atoms with Gasteiger partial charge in [0.05, 0.1) is 0 Å². The van der Waals surface area contributed by atoms with Gasteiger partial charge in [0.2, 0.25) is 12.7 Å². The molecule has 2 aromatic carbocycles. The van der Waals surface area contributed by atoms with Gasteiger partial charge in [0.25, 0.3) is 5.91 Å². The molecule has 0 aromatic heterocycles. The highest BCUT2D eigenvalue weighted by atomic mass is 16.7. The van der Waals surface area contributed by atoms with Crippen LogP contribution in [0.4, 0.5) is 5.69 Å². The van der Waals surface area contributed by atoms with Crippen LogP contribution in [0.3, 0.4) is 0 Å². The molecule has 2 aliphatic heterocycles. The average molecular weight is 408 g/mol. The van der Waals surface area contributed by atoms with Crippen LogP contribution in [0.1, 0.15) is 49.5 Å². The highest BCUT2D eigenvalue weighted by Crippen LogP contribution is 2.34. The Morgan fingerprint density at radius 1 is 0.967 bits per heavy atom. The van der Waals surface area contributed by atoms with Crippen LogP contribution in [0.5, 0.6) is 11.5 Å². The summed E-state index contributed by atoms with van der Waals surface area (Å²) in [5, 5.41) is 2.96. The van der Waals surface area contributed by atoms with E-state index in [1.807, 2.05) is 35.2 Å². The molecule has 2 aromatic rings. The summed E-state index contributed by atoms with van der Waals surface area (Å²) in [6.07, 6.45) is 1.31. The van der Waals surface area contributed by atoms with E-state index in [1.165, 1.54) is 5.56 Å². The number of piperidine rings is 1. The fraction of sp³-hybridized carbons (Fsp3) is 0.417. The van der Waals surface area contributed by atoms with Gasteiger partial charge in [-0.3, -0.25) is 9.59 Å². The number of amides is 2. The quantitative estimate of drug-likeness (QED) is 0.826. The monoisotopic (exact) mass is 408 g/mol. The highest BCUT2D eigenvalue weighted by molar-refractivity contribution is 5.95. The molecule has 2 aliphatic rings. The van der Waals surface area contributed by atoms with Gasteiger partial charge in [0.15, 0.2) is 11.5 Å². The van der Waals surface area contributed by atoms with Crippen LogP contribution < -0.4 is 14.8 Å². The SMILES string of the molecule is CC(C)(C)c1ccc(C(=O)N2CCC(C(=O)Nc3ccc4c(c3)OCO4)CC2)cc1. The summed E-state index contributed by atoms with van der Waals surface area (Å²) in [4.78, 5) is 27.3. The number of nitrogens with zero attached hydrogens (tertiary/aromatic N) is 1. The van der Waals surface area contributed by atoms with Crippen LogP contribution in [0.25, 0.3) is 0 Å². The molecule has 0 bridgehead atoms. The molecule has 6 heteroatoms. The second-order valence-corrected chi connectivity index (χ2v) is 8.95. The van der Waals surface area contributed by atoms with Gasteiger partial charge in [0.1, 0.15) is 0 Å². The van der Waals surface area contributed by atoms with E-state index in [0.29, 0.717) is 48.7 Å². The highest BCUT2D eigenvalue weighted by Gasteiger charge is 2.28. The molecule has 30 heavy (non-hydrogen) atoms. The molecule has 2 heterocycles. The van der Waals surface area contributed by atoms with Crippen molar-refractivity contribution in [1.82, 2.24) is 4.90 Å². The zero-order valence-electron chi connectivity index (χ0n) is 17.7. The van der Waals surface area contributed by atoms with Crippen molar-refractivity contribution in [3.8, 4) is 11.5 Å². The number of benzene rings is 2. The molecule has 6 nitrogen and oxygen atoms in total. The first kappa shape index (κ1) is 20.3. The maximum Gasteiger partial charge on any atom is 0.253 e. The van der Waals surface area contributed by atoms with Crippen molar-refractivity contribution in [2.45, 2.75) is 39.0 Å². The van der Waals surface area contributed by atoms with Crippen molar-refractivity contribution in [2.75, 3.05) is 25.2 Å². The van der Waals surface area contributed by atoms with Crippen molar-refractivity contribution in [3.63, 3.8) is 0 Å². The van der Waals surface area contributed by atoms with Crippen molar-refractivity contribution in [1.29, 1.82) is 0 Å². The lowest BCUT2D eigenvalue weighted by molar-refractivity contribution is -0.121. The van der Waals surface area contributed by atoms with E-state index in [2.05, 4.69) is 26.1 Å². The maximum absolute atomic E-state index is 12.8. The zero-order chi connectivity index (χ0) is 21.3. The first-order valence-corrected chi connectivity index (χ1v) is 10.4. The van der Waals surface area contributed by atoms with Crippen LogP contribution in [-0.4, -0.2) is 36.6 Å². The van der Waals surface area contributed by atoms with E-state index >= 15 is 0 Å². The Bertz CT molecular complexity index is 939. The Morgan fingerprint density at radius 2 is 1.63 bits per heavy atom. The molecule has 0 atom stereocenters. The number of rotatable bonds is 3. The standard InChI is InChI=1S/C24H28N2O4/c1-24(2,3)18-6-4-17(5-7-18)23(28)26-12-10-16(11-13-26)22(27)25-19-8-9-20-21(14-19)30-15-29-20/h4-9,14,16H,10-13,15H2,1-3H3,(H,25,27). The Labute approximate surface area is 177 Å². The van der Waals surface area contributed by atoms with Gasteiger partial charge in [0, 0.05) is 36.3 Å². The molecule has 1 fully saturated rings. The number of nitrogens with one attached hydrogen (secondary N) is 1. The summed E-state index contributed by atoms with van der Waals surface area (Å²) in [6.45, 7) is 7.84. The molecule has 4 rings (SSSR count). The number of anilines is 1. The van der Waals surface area contributed by atoms with E-state index in [4.69, 9.17) is 9.47 Å². The summed E-state index contributed by atoms with van der Waals surface area (Å²) in [5.74, 6) is 1.24. The largest absolute Gasteiger partial charge is 0.454 e. The van der Waals surface area contributed by atoms with Crippen molar-refractivity contribution >= 4 is 17.5 Å². The minimum absolute atomic E-state index is 0.0181. The molecular weight excluding hydrogens is 380 g/mol. The molecule has 158 valence electrons. The van der Waals surface area contributed by atoms with E-state index < -0.39 is 0 Å². The van der Waals surface area contributed by atoms with Crippen LogP contribution in [0, 0.1) is 5.92 Å². The van der Waals surface area contributed by atoms with Crippen LogP contribution in [0.2, 0.25) is 0 Å². The fourth-order valence-electron chi connectivity index (χ4n) is 3.86. The Balaban J connectivity index is 1.32. The summed E-state index contributed by atoms with van der Waals surface area (Å²) in [7, 11) is 0. The summed E-state index contributed by atoms with van der Waals surface area (Å²) < 4.78 is 10.7. The minimum atomic E-state index is -0.109. The number of carbonyl (C=O) groups is 2. The van der Waals surface area contributed by atoms with E-state index in [0.717, 1.165) is 0 Å². The van der Waals surface area contributed by atoms with E-state index in [-0.39, 0.29) is 29.9 Å². The fourth-order valence-corrected chi connectivity index (χ4v) is 3.86. The number of fused-ring (bicyclic) bond motifs is 1. The zero-order valence-corrected chi connectivity index (χ0v) is 17.7. The summed E-state index contributed by atoms with van der Waals surface area (Å²) >= 11 is 0. The second-order valence-electron chi connectivity index (χ2n) is 8.95. The number of hydrogen-bond acceptors (Lipinski definition) is 4. The molecule has 0 aliphatic carbocycles. The third-order valence-electron chi connectivity index (χ3n) is 5.79. The molecule has 1 N–H and O–H groups in total. The van der Waals surface area contributed by atoms with E-state index in [1.54, 1.807) is 12.1 Å². The third-order valence-corrected chi connectivity index (χ3v) is 5.79. The molecular formula is C24H28N2O4. The van der Waals surface area contributed by atoms with Crippen molar-refractivity contribution in [3.05, 3.63) is 53.6 Å². The lowest BCUT2D eigenvalue weighted by Crippen LogP contribution is -2.41. The lowest BCUT2D eigenvalue weighted by atomic mass is 9.86. The molecule has 0 unspecified atom stereocenters. The van der Waals surface area contributed by atoms with Crippen molar-refractivity contribution < 1.29 is 19.1 Å². The van der Waals surface area contributed by atoms with Gasteiger partial charge in [-0.25, -0.2) is 0 Å². The molecule has 0 saturated carbocycles. The minimum Gasteiger partial charge on any atom is -0.454 e. The van der Waals surface area contributed by atoms with Crippen LogP contribution >= 0.6 is 0 Å². The molecule has 0 radical (unpaired) electrons. The van der Waals surface area contributed by atoms with Gasteiger partial charge < -0.3 is 19.7 Å². The van der Waals surface area contributed by atoms with Crippen molar-refractivity contribution in [2.24, 2.45) is 5.92 Å². The number of ether oxygens (including phenoxy) is 2. The Hall–Kier alpha value is -3.02. The number of hydrogen-bond donors (Lipinski definition) is 1. The second kappa shape index (κ2) is 8.01. The van der Waals surface area contributed by atoms with Gasteiger partial charge in [-0.2, -0.15) is 0 Å². The van der Waals surface area contributed by atoms with Gasteiger partial charge in [-0.05, 0) is 48.1 Å².